The number of rotatable bonds is 28. The van der Waals surface area contributed by atoms with E-state index in [1.54, 1.807) is 6.26 Å². The number of ether oxygens (including phenoxy) is 1. The van der Waals surface area contributed by atoms with Gasteiger partial charge in [0.05, 0.1) is 6.26 Å². The molecule has 0 saturated carbocycles. The molecular formula is C32H62O2. The molecule has 0 rings (SSSR count). The van der Waals surface area contributed by atoms with Gasteiger partial charge >= 0.3 is 5.97 Å². The Kier molecular flexibility index (Phi) is 29.5. The van der Waals surface area contributed by atoms with Crippen LogP contribution in [0, 0.1) is 0 Å². The highest BCUT2D eigenvalue weighted by molar-refractivity contribution is 5.69. The molecule has 34 heavy (non-hydrogen) atoms. The Morgan fingerprint density at radius 2 is 0.794 bits per heavy atom. The number of unbranched alkanes of at least 4 members (excludes halogenated alkanes) is 24. The minimum Gasteiger partial charge on any atom is -0.435 e. The molecule has 0 fully saturated rings. The van der Waals surface area contributed by atoms with E-state index in [0.717, 1.165) is 19.3 Å². The molecule has 2 nitrogen and oxygen atoms in total. The summed E-state index contributed by atoms with van der Waals surface area (Å²) in [6.45, 7) is 4.49. The van der Waals surface area contributed by atoms with Crippen LogP contribution in [0.25, 0.3) is 0 Å². The molecule has 0 radical (unpaired) electrons. The second-order valence-corrected chi connectivity index (χ2v) is 10.5. The zero-order valence-electron chi connectivity index (χ0n) is 23.6. The van der Waals surface area contributed by atoms with Gasteiger partial charge in [0.2, 0.25) is 0 Å². The van der Waals surface area contributed by atoms with Crippen LogP contribution in [0.3, 0.4) is 0 Å². The summed E-state index contributed by atoms with van der Waals surface area (Å²) in [5, 5.41) is 0. The van der Waals surface area contributed by atoms with Crippen LogP contribution in [0.5, 0.6) is 0 Å². The van der Waals surface area contributed by atoms with Crippen molar-refractivity contribution in [2.24, 2.45) is 0 Å². The standard InChI is InChI=1S/C32H62O2/c1-3-5-7-9-10-11-12-13-14-15-16-17-18-19-20-21-22-23-24-25-26-28-30-32(33)34-31-29-27-8-6-4-2/h29,31H,3-28,30H2,1-2H3/b31-29+. The summed E-state index contributed by atoms with van der Waals surface area (Å²) >= 11 is 0. The summed E-state index contributed by atoms with van der Waals surface area (Å²) in [7, 11) is 0. The lowest BCUT2D eigenvalue weighted by molar-refractivity contribution is -0.138. The minimum absolute atomic E-state index is 0.0695. The number of carbonyl (C=O) groups is 1. The fourth-order valence-electron chi connectivity index (χ4n) is 4.64. The van der Waals surface area contributed by atoms with Crippen LogP contribution < -0.4 is 0 Å². The molecule has 0 aliphatic carbocycles. The van der Waals surface area contributed by atoms with Crippen LogP contribution in [-0.4, -0.2) is 5.97 Å². The van der Waals surface area contributed by atoms with Crippen molar-refractivity contribution in [1.82, 2.24) is 0 Å². The normalized spacial score (nSPS) is 11.5. The maximum atomic E-state index is 11.7. The number of esters is 1. The molecule has 0 aliphatic heterocycles. The number of carbonyl (C=O) groups excluding carboxylic acids is 1. The van der Waals surface area contributed by atoms with Crippen molar-refractivity contribution in [2.45, 2.75) is 187 Å². The van der Waals surface area contributed by atoms with Crippen molar-refractivity contribution in [3.8, 4) is 0 Å². The van der Waals surface area contributed by atoms with Gasteiger partial charge in [0.15, 0.2) is 0 Å². The zero-order chi connectivity index (χ0) is 24.8. The average molecular weight is 479 g/mol. The van der Waals surface area contributed by atoms with Crippen molar-refractivity contribution >= 4 is 5.97 Å². The van der Waals surface area contributed by atoms with Gasteiger partial charge < -0.3 is 4.74 Å². The Bertz CT molecular complexity index is 415. The van der Waals surface area contributed by atoms with Gasteiger partial charge in [0.25, 0.3) is 0 Å². The largest absolute Gasteiger partial charge is 0.435 e. The van der Waals surface area contributed by atoms with Crippen LogP contribution >= 0.6 is 0 Å². The first kappa shape index (κ1) is 33.2. The first-order chi connectivity index (χ1) is 16.8. The van der Waals surface area contributed by atoms with Crippen molar-refractivity contribution in [2.75, 3.05) is 0 Å². The zero-order valence-corrected chi connectivity index (χ0v) is 23.6. The van der Waals surface area contributed by atoms with E-state index in [2.05, 4.69) is 13.8 Å². The van der Waals surface area contributed by atoms with Crippen LogP contribution in [0.2, 0.25) is 0 Å². The Labute approximate surface area is 215 Å². The maximum absolute atomic E-state index is 11.7. The Balaban J connectivity index is 3.13. The van der Waals surface area contributed by atoms with Gasteiger partial charge in [-0.3, -0.25) is 4.79 Å². The van der Waals surface area contributed by atoms with E-state index in [9.17, 15) is 4.79 Å². The Hall–Kier alpha value is -0.790. The van der Waals surface area contributed by atoms with Crippen molar-refractivity contribution < 1.29 is 9.53 Å². The smallest absolute Gasteiger partial charge is 0.310 e. The highest BCUT2D eigenvalue weighted by Crippen LogP contribution is 2.15. The van der Waals surface area contributed by atoms with Crippen LogP contribution in [-0.2, 0) is 9.53 Å². The molecule has 202 valence electrons. The summed E-state index contributed by atoms with van der Waals surface area (Å²) in [4.78, 5) is 11.7. The minimum atomic E-state index is -0.0695. The van der Waals surface area contributed by atoms with Gasteiger partial charge in [-0.2, -0.15) is 0 Å². The van der Waals surface area contributed by atoms with Crippen molar-refractivity contribution in [1.29, 1.82) is 0 Å². The van der Waals surface area contributed by atoms with Gasteiger partial charge in [0.1, 0.15) is 0 Å². The van der Waals surface area contributed by atoms with E-state index >= 15 is 0 Å². The molecule has 0 atom stereocenters. The molecule has 0 aliphatic rings. The van der Waals surface area contributed by atoms with Crippen LogP contribution in [0.1, 0.15) is 187 Å². The first-order valence-electron chi connectivity index (χ1n) is 15.7. The molecule has 0 bridgehead atoms. The van der Waals surface area contributed by atoms with E-state index in [1.807, 2.05) is 6.08 Å². The van der Waals surface area contributed by atoms with Gasteiger partial charge in [-0.15, -0.1) is 0 Å². The summed E-state index contributed by atoms with van der Waals surface area (Å²) in [6.07, 6.45) is 39.4. The number of hydrogen-bond donors (Lipinski definition) is 0. The summed E-state index contributed by atoms with van der Waals surface area (Å²) in [6, 6.07) is 0. The van der Waals surface area contributed by atoms with E-state index in [-0.39, 0.29) is 5.97 Å². The Morgan fingerprint density at radius 1 is 0.471 bits per heavy atom. The molecule has 0 heterocycles. The van der Waals surface area contributed by atoms with Gasteiger partial charge in [-0.1, -0.05) is 162 Å². The predicted molar refractivity (Wildman–Crippen MR) is 151 cm³/mol. The number of allylic oxidation sites excluding steroid dienone is 1. The predicted octanol–water partition coefficient (Wildman–Crippen LogP) is 11.6. The lowest BCUT2D eigenvalue weighted by Gasteiger charge is -2.04. The molecule has 0 aromatic carbocycles. The molecule has 0 saturated heterocycles. The quantitative estimate of drug-likeness (QED) is 0.0634. The summed E-state index contributed by atoms with van der Waals surface area (Å²) in [5.74, 6) is -0.0695. The lowest BCUT2D eigenvalue weighted by atomic mass is 10.0. The number of hydrogen-bond acceptors (Lipinski definition) is 2. The second kappa shape index (κ2) is 30.2. The van der Waals surface area contributed by atoms with Gasteiger partial charge in [-0.05, 0) is 25.3 Å². The average Bonchev–Trinajstić information content (AvgIpc) is 2.84. The molecular weight excluding hydrogens is 416 g/mol. The third kappa shape index (κ3) is 29.2. The van der Waals surface area contributed by atoms with Gasteiger partial charge in [0, 0.05) is 6.42 Å². The van der Waals surface area contributed by atoms with E-state index in [1.165, 1.54) is 148 Å². The summed E-state index contributed by atoms with van der Waals surface area (Å²) < 4.78 is 5.15. The van der Waals surface area contributed by atoms with Crippen LogP contribution in [0.4, 0.5) is 0 Å². The fraction of sp³-hybridized carbons (Fsp3) is 0.906. The maximum Gasteiger partial charge on any atom is 0.310 e. The van der Waals surface area contributed by atoms with Crippen molar-refractivity contribution in [3.63, 3.8) is 0 Å². The van der Waals surface area contributed by atoms with E-state index < -0.39 is 0 Å². The molecule has 0 amide bonds. The monoisotopic (exact) mass is 478 g/mol. The molecule has 0 aromatic rings. The molecule has 0 unspecified atom stereocenters. The second-order valence-electron chi connectivity index (χ2n) is 10.5. The van der Waals surface area contributed by atoms with E-state index in [4.69, 9.17) is 4.74 Å². The molecule has 2 heteroatoms. The third-order valence-electron chi connectivity index (χ3n) is 7.00. The van der Waals surface area contributed by atoms with E-state index in [0.29, 0.717) is 6.42 Å². The fourth-order valence-corrected chi connectivity index (χ4v) is 4.64. The SMILES string of the molecule is CCCCC/C=C/OC(=O)CCCCCCCCCCCCCCCCCCCCCCCC. The van der Waals surface area contributed by atoms with Gasteiger partial charge in [-0.25, -0.2) is 0 Å². The summed E-state index contributed by atoms with van der Waals surface area (Å²) in [5.41, 5.74) is 0. The third-order valence-corrected chi connectivity index (χ3v) is 7.00. The Morgan fingerprint density at radius 3 is 1.18 bits per heavy atom. The first-order valence-corrected chi connectivity index (χ1v) is 15.7. The van der Waals surface area contributed by atoms with Crippen molar-refractivity contribution in [3.05, 3.63) is 12.3 Å². The molecule has 0 spiro atoms. The highest BCUT2D eigenvalue weighted by atomic mass is 16.5. The van der Waals surface area contributed by atoms with Crippen LogP contribution in [0.15, 0.2) is 12.3 Å². The topological polar surface area (TPSA) is 26.3 Å². The highest BCUT2D eigenvalue weighted by Gasteiger charge is 2.00. The molecule has 0 N–H and O–H groups in total. The molecule has 0 aromatic heterocycles. The lowest BCUT2D eigenvalue weighted by Crippen LogP contribution is -1.98.